The van der Waals surface area contributed by atoms with Crippen molar-refractivity contribution in [2.24, 2.45) is 4.99 Å². The molecule has 0 radical (unpaired) electrons. The van der Waals surface area contributed by atoms with Gasteiger partial charge in [-0.25, -0.2) is 4.39 Å². The molecule has 0 saturated carbocycles. The van der Waals surface area contributed by atoms with Crippen LogP contribution in [-0.2, 0) is 6.61 Å². The van der Waals surface area contributed by atoms with Gasteiger partial charge >= 0.3 is 0 Å². The molecule has 0 amide bonds. The average molecular weight is 271 g/mol. The van der Waals surface area contributed by atoms with Crippen LogP contribution in [0.3, 0.4) is 0 Å². The Bertz CT molecular complexity index is 590. The number of hydrogen-bond acceptors (Lipinski definition) is 2. The molecule has 0 fully saturated rings. The number of nitrogens with zero attached hydrogens (tertiary/aromatic N) is 1. The first-order valence-electron chi connectivity index (χ1n) is 6.68. The Morgan fingerprint density at radius 2 is 1.80 bits per heavy atom. The van der Waals surface area contributed by atoms with E-state index < -0.39 is 0 Å². The van der Waals surface area contributed by atoms with Gasteiger partial charge in [-0.2, -0.15) is 0 Å². The molecule has 0 N–H and O–H groups in total. The number of rotatable bonds is 5. The van der Waals surface area contributed by atoms with E-state index in [4.69, 9.17) is 4.74 Å². The maximum absolute atomic E-state index is 13.5. The fourth-order valence-corrected chi connectivity index (χ4v) is 1.90. The van der Waals surface area contributed by atoms with Crippen molar-refractivity contribution >= 4 is 5.71 Å². The Labute approximate surface area is 118 Å². The van der Waals surface area contributed by atoms with E-state index in [0.29, 0.717) is 5.56 Å². The van der Waals surface area contributed by atoms with Crippen LogP contribution in [0.2, 0.25) is 0 Å². The smallest absolute Gasteiger partial charge is 0.129 e. The molecule has 0 aliphatic heterocycles. The molecule has 0 bridgehead atoms. The monoisotopic (exact) mass is 271 g/mol. The Morgan fingerprint density at radius 3 is 2.45 bits per heavy atom. The van der Waals surface area contributed by atoms with Crippen molar-refractivity contribution in [1.29, 1.82) is 0 Å². The van der Waals surface area contributed by atoms with Crippen molar-refractivity contribution in [1.82, 2.24) is 0 Å². The molecule has 2 nitrogen and oxygen atoms in total. The van der Waals surface area contributed by atoms with E-state index in [1.807, 2.05) is 38.1 Å². The molecule has 0 aliphatic rings. The largest absolute Gasteiger partial charge is 0.489 e. The zero-order chi connectivity index (χ0) is 14.4. The molecule has 2 rings (SSSR count). The molecule has 0 aliphatic carbocycles. The van der Waals surface area contributed by atoms with Gasteiger partial charge < -0.3 is 4.74 Å². The van der Waals surface area contributed by atoms with E-state index in [-0.39, 0.29) is 12.4 Å². The topological polar surface area (TPSA) is 21.6 Å². The Hall–Kier alpha value is -2.16. The molecule has 0 atom stereocenters. The van der Waals surface area contributed by atoms with Crippen molar-refractivity contribution in [3.05, 3.63) is 65.5 Å². The van der Waals surface area contributed by atoms with Crippen LogP contribution in [0.5, 0.6) is 5.75 Å². The highest BCUT2D eigenvalue weighted by atomic mass is 19.1. The van der Waals surface area contributed by atoms with E-state index in [0.717, 1.165) is 23.6 Å². The highest BCUT2D eigenvalue weighted by molar-refractivity contribution is 5.98. The van der Waals surface area contributed by atoms with Gasteiger partial charge in [-0.15, -0.1) is 0 Å². The van der Waals surface area contributed by atoms with Gasteiger partial charge in [0.25, 0.3) is 0 Å². The second-order valence-corrected chi connectivity index (χ2v) is 4.46. The van der Waals surface area contributed by atoms with E-state index >= 15 is 0 Å². The minimum absolute atomic E-state index is 0.230. The SMILES string of the molecule is CCN=C(C)c1ccc(OCc2ccccc2F)cc1. The first-order valence-corrected chi connectivity index (χ1v) is 6.68. The minimum Gasteiger partial charge on any atom is -0.489 e. The van der Waals surface area contributed by atoms with Gasteiger partial charge in [0.05, 0.1) is 0 Å². The second-order valence-electron chi connectivity index (χ2n) is 4.46. The molecule has 0 unspecified atom stereocenters. The van der Waals surface area contributed by atoms with E-state index in [1.54, 1.807) is 18.2 Å². The third kappa shape index (κ3) is 3.67. The number of hydrogen-bond donors (Lipinski definition) is 0. The minimum atomic E-state index is -0.241. The molecule has 3 heteroatoms. The quantitative estimate of drug-likeness (QED) is 0.746. The van der Waals surface area contributed by atoms with E-state index in [9.17, 15) is 4.39 Å². The summed E-state index contributed by atoms with van der Waals surface area (Å²) in [5, 5.41) is 0. The lowest BCUT2D eigenvalue weighted by atomic mass is 10.1. The zero-order valence-electron chi connectivity index (χ0n) is 11.8. The van der Waals surface area contributed by atoms with Crippen LogP contribution < -0.4 is 4.74 Å². The molecule has 2 aromatic carbocycles. The van der Waals surface area contributed by atoms with Crippen LogP contribution in [0, 0.1) is 5.82 Å². The third-order valence-electron chi connectivity index (χ3n) is 3.02. The van der Waals surface area contributed by atoms with Gasteiger partial charge in [0.2, 0.25) is 0 Å². The Balaban J connectivity index is 2.01. The van der Waals surface area contributed by atoms with E-state index in [1.165, 1.54) is 6.07 Å². The fourth-order valence-electron chi connectivity index (χ4n) is 1.90. The normalized spacial score (nSPS) is 11.4. The number of benzene rings is 2. The number of halogens is 1. The second kappa shape index (κ2) is 6.85. The average Bonchev–Trinajstić information content (AvgIpc) is 2.47. The summed E-state index contributed by atoms with van der Waals surface area (Å²) in [6.45, 7) is 5.00. The zero-order valence-corrected chi connectivity index (χ0v) is 11.8. The molecule has 20 heavy (non-hydrogen) atoms. The Kier molecular flexibility index (Phi) is 4.88. The predicted molar refractivity (Wildman–Crippen MR) is 79.9 cm³/mol. The van der Waals surface area contributed by atoms with Crippen molar-refractivity contribution < 1.29 is 9.13 Å². The summed E-state index contributed by atoms with van der Waals surface area (Å²) in [6.07, 6.45) is 0. The predicted octanol–water partition coefficient (Wildman–Crippen LogP) is 4.23. The highest BCUT2D eigenvalue weighted by Gasteiger charge is 2.02. The Morgan fingerprint density at radius 1 is 1.10 bits per heavy atom. The van der Waals surface area contributed by atoms with Gasteiger partial charge in [0, 0.05) is 17.8 Å². The summed E-state index contributed by atoms with van der Waals surface area (Å²) in [6, 6.07) is 14.3. The van der Waals surface area contributed by atoms with Gasteiger partial charge in [-0.05, 0) is 49.7 Å². The lowest BCUT2D eigenvalue weighted by molar-refractivity contribution is 0.300. The lowest BCUT2D eigenvalue weighted by Crippen LogP contribution is -1.99. The molecular formula is C17H18FNO. The summed E-state index contributed by atoms with van der Waals surface area (Å²) >= 11 is 0. The summed E-state index contributed by atoms with van der Waals surface area (Å²) in [7, 11) is 0. The number of aliphatic imine (C=N–C) groups is 1. The van der Waals surface area contributed by atoms with Gasteiger partial charge in [0.15, 0.2) is 0 Å². The molecular weight excluding hydrogens is 253 g/mol. The maximum Gasteiger partial charge on any atom is 0.129 e. The van der Waals surface area contributed by atoms with Crippen LogP contribution in [0.15, 0.2) is 53.5 Å². The molecule has 0 aromatic heterocycles. The van der Waals surface area contributed by atoms with Gasteiger partial charge in [0.1, 0.15) is 18.2 Å². The maximum atomic E-state index is 13.5. The number of ether oxygens (including phenoxy) is 1. The summed E-state index contributed by atoms with van der Waals surface area (Å²) in [4.78, 5) is 4.36. The van der Waals surface area contributed by atoms with E-state index in [2.05, 4.69) is 4.99 Å². The first-order chi connectivity index (χ1) is 9.70. The fraction of sp³-hybridized carbons (Fsp3) is 0.235. The standard InChI is InChI=1S/C17H18FNO/c1-3-19-13(2)14-8-10-16(11-9-14)20-12-15-6-4-5-7-17(15)18/h4-11H,3,12H2,1-2H3. The van der Waals surface area contributed by atoms with Crippen LogP contribution in [0.4, 0.5) is 4.39 Å². The van der Waals surface area contributed by atoms with Crippen LogP contribution in [-0.4, -0.2) is 12.3 Å². The van der Waals surface area contributed by atoms with Gasteiger partial charge in [-0.3, -0.25) is 4.99 Å². The van der Waals surface area contributed by atoms with Crippen LogP contribution in [0.25, 0.3) is 0 Å². The highest BCUT2D eigenvalue weighted by Crippen LogP contribution is 2.16. The third-order valence-corrected chi connectivity index (χ3v) is 3.02. The summed E-state index contributed by atoms with van der Waals surface area (Å²) in [5.74, 6) is 0.483. The van der Waals surface area contributed by atoms with Crippen LogP contribution >= 0.6 is 0 Å². The first kappa shape index (κ1) is 14.3. The van der Waals surface area contributed by atoms with Crippen molar-refractivity contribution in [3.63, 3.8) is 0 Å². The molecule has 0 saturated heterocycles. The van der Waals surface area contributed by atoms with Crippen molar-refractivity contribution in [2.75, 3.05) is 6.54 Å². The van der Waals surface area contributed by atoms with Gasteiger partial charge in [-0.1, -0.05) is 18.2 Å². The molecule has 2 aromatic rings. The molecule has 104 valence electrons. The summed E-state index contributed by atoms with van der Waals surface area (Å²) in [5.41, 5.74) is 2.64. The molecule has 0 heterocycles. The summed E-state index contributed by atoms with van der Waals surface area (Å²) < 4.78 is 19.0. The molecule has 0 spiro atoms. The van der Waals surface area contributed by atoms with Crippen molar-refractivity contribution in [3.8, 4) is 5.75 Å². The van der Waals surface area contributed by atoms with Crippen molar-refractivity contribution in [2.45, 2.75) is 20.5 Å². The van der Waals surface area contributed by atoms with Crippen LogP contribution in [0.1, 0.15) is 25.0 Å². The lowest BCUT2D eigenvalue weighted by Gasteiger charge is -2.08.